The average molecular weight is 342 g/mol. The van der Waals surface area contributed by atoms with Gasteiger partial charge in [-0.25, -0.2) is 8.42 Å². The largest absolute Gasteiger partial charge is 0.380 e. The number of Topliss-reactive ketones (excluding diaryl/α,β-unsaturated/α-hetero) is 1. The minimum Gasteiger partial charge on any atom is -0.380 e. The molecular weight excluding hydrogens is 324 g/mol. The zero-order valence-corrected chi connectivity index (χ0v) is 14.1. The van der Waals surface area contributed by atoms with Crippen molar-refractivity contribution in [2.24, 2.45) is 11.8 Å². The van der Waals surface area contributed by atoms with Crippen molar-refractivity contribution in [1.82, 2.24) is 0 Å². The predicted octanol–water partition coefficient (Wildman–Crippen LogP) is 2.83. The summed E-state index contributed by atoms with van der Waals surface area (Å²) in [6.07, 6.45) is 0. The molecule has 0 unspecified atom stereocenters. The van der Waals surface area contributed by atoms with Crippen LogP contribution in [-0.4, -0.2) is 27.4 Å². The highest BCUT2D eigenvalue weighted by Gasteiger charge is 2.58. The van der Waals surface area contributed by atoms with Crippen molar-refractivity contribution in [1.29, 1.82) is 0 Å². The normalized spacial score (nSPS) is 29.1. The molecule has 1 heterocycles. The Labute approximate surface area is 141 Å². The molecule has 0 aromatic heterocycles. The molecule has 3 atom stereocenters. The molecule has 0 radical (unpaired) electrons. The molecule has 2 aliphatic rings. The van der Waals surface area contributed by atoms with Crippen molar-refractivity contribution in [2.75, 3.05) is 13.2 Å². The highest BCUT2D eigenvalue weighted by atomic mass is 32.2. The second kappa shape index (κ2) is 5.26. The monoisotopic (exact) mass is 342 g/mol. The highest BCUT2D eigenvalue weighted by Crippen LogP contribution is 2.51. The average Bonchev–Trinajstić information content (AvgIpc) is 3.11. The van der Waals surface area contributed by atoms with Crippen LogP contribution < -0.4 is 0 Å². The first-order valence-electron chi connectivity index (χ1n) is 7.99. The molecule has 5 heteroatoms. The van der Waals surface area contributed by atoms with Gasteiger partial charge in [-0.2, -0.15) is 0 Å². The number of benzene rings is 2. The summed E-state index contributed by atoms with van der Waals surface area (Å²) in [5.74, 6) is -0.776. The van der Waals surface area contributed by atoms with E-state index in [9.17, 15) is 13.2 Å². The molecule has 0 amide bonds. The van der Waals surface area contributed by atoms with E-state index in [1.807, 2.05) is 0 Å². The van der Waals surface area contributed by atoms with E-state index in [0.717, 1.165) is 0 Å². The van der Waals surface area contributed by atoms with Crippen molar-refractivity contribution in [3.63, 3.8) is 0 Å². The molecule has 124 valence electrons. The van der Waals surface area contributed by atoms with Gasteiger partial charge in [0.2, 0.25) is 0 Å². The SMILES string of the molecule is C[C@@]1(S(=O)(=O)c2ccccc2)c2ccccc2C(=O)[C@H]2COC[C@H]21. The van der Waals surface area contributed by atoms with Gasteiger partial charge in [0.25, 0.3) is 0 Å². The number of carbonyl (C=O) groups is 1. The first-order valence-corrected chi connectivity index (χ1v) is 9.47. The van der Waals surface area contributed by atoms with Gasteiger partial charge in [-0.05, 0) is 24.6 Å². The molecule has 1 saturated heterocycles. The Morgan fingerprint density at radius 3 is 2.42 bits per heavy atom. The highest BCUT2D eigenvalue weighted by molar-refractivity contribution is 7.92. The lowest BCUT2D eigenvalue weighted by Crippen LogP contribution is -2.49. The van der Waals surface area contributed by atoms with Crippen LogP contribution in [0.2, 0.25) is 0 Å². The van der Waals surface area contributed by atoms with Crippen molar-refractivity contribution >= 4 is 15.6 Å². The number of fused-ring (bicyclic) bond motifs is 2. The van der Waals surface area contributed by atoms with Crippen LogP contribution >= 0.6 is 0 Å². The predicted molar refractivity (Wildman–Crippen MR) is 89.6 cm³/mol. The quantitative estimate of drug-likeness (QED) is 0.842. The Kier molecular flexibility index (Phi) is 3.41. The second-order valence-electron chi connectivity index (χ2n) is 6.58. The smallest absolute Gasteiger partial charge is 0.188 e. The standard InChI is InChI=1S/C19H18O4S/c1-19(24(21,22)13-7-3-2-4-8-13)16-10-6-5-9-14(16)18(20)15-11-23-12-17(15)19/h2-10,15,17H,11-12H2,1H3/t15-,17+,19+/m0/s1. The van der Waals surface area contributed by atoms with Gasteiger partial charge >= 0.3 is 0 Å². The molecule has 4 nitrogen and oxygen atoms in total. The van der Waals surface area contributed by atoms with E-state index in [2.05, 4.69) is 0 Å². The Hall–Kier alpha value is -1.98. The zero-order valence-electron chi connectivity index (χ0n) is 13.3. The van der Waals surface area contributed by atoms with Crippen LogP contribution in [0.5, 0.6) is 0 Å². The molecule has 24 heavy (non-hydrogen) atoms. The lowest BCUT2D eigenvalue weighted by molar-refractivity contribution is 0.0854. The van der Waals surface area contributed by atoms with Crippen molar-refractivity contribution in [3.8, 4) is 0 Å². The van der Waals surface area contributed by atoms with Gasteiger partial charge in [-0.3, -0.25) is 4.79 Å². The molecule has 2 aromatic carbocycles. The molecular formula is C19H18O4S. The van der Waals surface area contributed by atoms with E-state index >= 15 is 0 Å². The molecule has 1 aliphatic carbocycles. The van der Waals surface area contributed by atoms with Crippen LogP contribution in [0.3, 0.4) is 0 Å². The third-order valence-electron chi connectivity index (χ3n) is 5.46. The first kappa shape index (κ1) is 15.5. The van der Waals surface area contributed by atoms with Gasteiger partial charge in [0, 0.05) is 11.5 Å². The summed E-state index contributed by atoms with van der Waals surface area (Å²) in [6.45, 7) is 2.32. The lowest BCUT2D eigenvalue weighted by Gasteiger charge is -2.42. The van der Waals surface area contributed by atoms with Crippen molar-refractivity contribution in [3.05, 3.63) is 65.7 Å². The van der Waals surface area contributed by atoms with Crippen LogP contribution in [0.4, 0.5) is 0 Å². The number of rotatable bonds is 2. The fourth-order valence-electron chi connectivity index (χ4n) is 4.07. The van der Waals surface area contributed by atoms with Gasteiger partial charge in [0.15, 0.2) is 15.6 Å². The third-order valence-corrected chi connectivity index (χ3v) is 8.00. The fraction of sp³-hybridized carbons (Fsp3) is 0.316. The number of carbonyl (C=O) groups excluding carboxylic acids is 1. The summed E-state index contributed by atoms with van der Waals surface area (Å²) in [6, 6.07) is 15.5. The maximum absolute atomic E-state index is 13.6. The summed E-state index contributed by atoms with van der Waals surface area (Å²) in [5, 5.41) is 0. The minimum absolute atomic E-state index is 0.00571. The summed E-state index contributed by atoms with van der Waals surface area (Å²) in [7, 11) is -3.68. The van der Waals surface area contributed by atoms with E-state index in [-0.39, 0.29) is 29.8 Å². The molecule has 1 fully saturated rings. The number of hydrogen-bond donors (Lipinski definition) is 0. The van der Waals surface area contributed by atoms with E-state index in [1.165, 1.54) is 0 Å². The van der Waals surface area contributed by atoms with E-state index < -0.39 is 20.5 Å². The van der Waals surface area contributed by atoms with E-state index in [4.69, 9.17) is 4.74 Å². The second-order valence-corrected chi connectivity index (χ2v) is 8.91. The Balaban J connectivity index is 2.01. The lowest BCUT2D eigenvalue weighted by atomic mass is 9.70. The molecule has 0 bridgehead atoms. The van der Waals surface area contributed by atoms with E-state index in [1.54, 1.807) is 61.5 Å². The molecule has 0 spiro atoms. The van der Waals surface area contributed by atoms with Crippen molar-refractivity contribution in [2.45, 2.75) is 16.6 Å². The summed E-state index contributed by atoms with van der Waals surface area (Å²) < 4.78 is 31.5. The topological polar surface area (TPSA) is 60.4 Å². The van der Waals surface area contributed by atoms with Gasteiger partial charge < -0.3 is 4.74 Å². The minimum atomic E-state index is -3.68. The van der Waals surface area contributed by atoms with Crippen LogP contribution in [0, 0.1) is 11.8 Å². The first-order chi connectivity index (χ1) is 11.5. The molecule has 2 aromatic rings. The van der Waals surface area contributed by atoms with Gasteiger partial charge in [0.1, 0.15) is 4.75 Å². The van der Waals surface area contributed by atoms with Crippen LogP contribution in [0.25, 0.3) is 0 Å². The summed E-state index contributed by atoms with van der Waals surface area (Å²) in [4.78, 5) is 13.1. The molecule has 0 saturated carbocycles. The van der Waals surface area contributed by atoms with Gasteiger partial charge in [-0.1, -0.05) is 42.5 Å². The molecule has 1 aliphatic heterocycles. The maximum Gasteiger partial charge on any atom is 0.188 e. The fourth-order valence-corrected chi connectivity index (χ4v) is 6.18. The number of sulfone groups is 1. The van der Waals surface area contributed by atoms with Crippen LogP contribution in [0.1, 0.15) is 22.8 Å². The van der Waals surface area contributed by atoms with Crippen LogP contribution in [0.15, 0.2) is 59.5 Å². The van der Waals surface area contributed by atoms with Crippen molar-refractivity contribution < 1.29 is 17.9 Å². The molecule has 4 rings (SSSR count). The maximum atomic E-state index is 13.6. The summed E-state index contributed by atoms with van der Waals surface area (Å²) >= 11 is 0. The zero-order chi connectivity index (χ0) is 16.9. The Bertz CT molecular complexity index is 904. The van der Waals surface area contributed by atoms with E-state index in [0.29, 0.717) is 11.1 Å². The Morgan fingerprint density at radius 1 is 1.00 bits per heavy atom. The van der Waals surface area contributed by atoms with Gasteiger partial charge in [-0.15, -0.1) is 0 Å². The number of ketones is 1. The number of ether oxygens (including phenoxy) is 1. The Morgan fingerprint density at radius 2 is 1.67 bits per heavy atom. The third kappa shape index (κ3) is 1.88. The summed E-state index contributed by atoms with van der Waals surface area (Å²) in [5.41, 5.74) is 1.09. The van der Waals surface area contributed by atoms with Gasteiger partial charge in [0.05, 0.1) is 24.0 Å². The number of hydrogen-bond acceptors (Lipinski definition) is 4. The molecule has 0 N–H and O–H groups in total. The van der Waals surface area contributed by atoms with Crippen LogP contribution in [-0.2, 0) is 19.3 Å².